The van der Waals surface area contributed by atoms with Crippen molar-refractivity contribution in [3.05, 3.63) is 82.9 Å². The number of anilines is 1. The van der Waals surface area contributed by atoms with Gasteiger partial charge in [0.05, 0.1) is 27.5 Å². The average molecular weight is 447 g/mol. The fourth-order valence-electron chi connectivity index (χ4n) is 3.17. The van der Waals surface area contributed by atoms with Crippen LogP contribution in [-0.4, -0.2) is 39.4 Å². The first kappa shape index (κ1) is 23.3. The van der Waals surface area contributed by atoms with Gasteiger partial charge in [0.2, 0.25) is 5.75 Å². The summed E-state index contributed by atoms with van der Waals surface area (Å²) in [5.74, 6) is 0.742. The smallest absolute Gasteiger partial charge is 0.271 e. The van der Waals surface area contributed by atoms with E-state index in [2.05, 4.69) is 15.8 Å². The number of rotatable bonds is 8. The van der Waals surface area contributed by atoms with Crippen molar-refractivity contribution in [3.63, 3.8) is 0 Å². The van der Waals surface area contributed by atoms with E-state index < -0.39 is 5.91 Å². The Kier molecular flexibility index (Phi) is 7.64. The summed E-state index contributed by atoms with van der Waals surface area (Å²) in [5, 5.41) is 6.83. The Bertz CT molecular complexity index is 1170. The number of aryl methyl sites for hydroxylation is 1. The molecule has 0 saturated heterocycles. The normalized spacial score (nSPS) is 10.5. The first-order chi connectivity index (χ1) is 16.0. The SMILES string of the molecule is COc1cc(/C=N/NC(=O)c2cccc(NC(=O)c3ccccc3C)c2)cc(OC)c1OC. The standard InChI is InChI=1S/C25H25N3O5/c1-16-8-5-6-11-20(16)25(30)27-19-10-7-9-18(14-19)24(29)28-26-15-17-12-21(31-2)23(33-4)22(13-17)32-3/h5-15H,1-4H3,(H,27,30)(H,28,29)/b26-15+. The maximum atomic E-state index is 12.5. The predicted molar refractivity (Wildman–Crippen MR) is 127 cm³/mol. The number of carbonyl (C=O) groups excluding carboxylic acids is 2. The summed E-state index contributed by atoms with van der Waals surface area (Å²) in [7, 11) is 4.56. The van der Waals surface area contributed by atoms with E-state index in [-0.39, 0.29) is 5.91 Å². The molecule has 3 aromatic carbocycles. The predicted octanol–water partition coefficient (Wildman–Crippen LogP) is 4.04. The molecule has 170 valence electrons. The number of hydrazone groups is 1. The molecule has 0 atom stereocenters. The molecule has 0 unspecified atom stereocenters. The third kappa shape index (κ3) is 5.68. The molecule has 0 radical (unpaired) electrons. The lowest BCUT2D eigenvalue weighted by molar-refractivity contribution is 0.0953. The van der Waals surface area contributed by atoms with Gasteiger partial charge in [-0.25, -0.2) is 5.43 Å². The Labute approximate surface area is 192 Å². The van der Waals surface area contributed by atoms with E-state index >= 15 is 0 Å². The molecule has 0 aliphatic rings. The lowest BCUT2D eigenvalue weighted by Gasteiger charge is -2.12. The second-order valence-corrected chi connectivity index (χ2v) is 7.01. The number of nitrogens with zero attached hydrogens (tertiary/aromatic N) is 1. The summed E-state index contributed by atoms with van der Waals surface area (Å²) < 4.78 is 15.9. The molecule has 3 rings (SSSR count). The molecule has 33 heavy (non-hydrogen) atoms. The molecule has 8 heteroatoms. The summed E-state index contributed by atoms with van der Waals surface area (Å²) in [6, 6.07) is 17.3. The van der Waals surface area contributed by atoms with E-state index in [0.717, 1.165) is 5.56 Å². The first-order valence-electron chi connectivity index (χ1n) is 10.1. The monoisotopic (exact) mass is 447 g/mol. The van der Waals surface area contributed by atoms with Crippen molar-refractivity contribution in [1.82, 2.24) is 5.43 Å². The van der Waals surface area contributed by atoms with Crippen LogP contribution in [0.2, 0.25) is 0 Å². The minimum Gasteiger partial charge on any atom is -0.493 e. The van der Waals surface area contributed by atoms with E-state index in [1.807, 2.05) is 19.1 Å². The topological polar surface area (TPSA) is 98.2 Å². The molecule has 0 saturated carbocycles. The number of carbonyl (C=O) groups is 2. The summed E-state index contributed by atoms with van der Waals surface area (Å²) >= 11 is 0. The van der Waals surface area contributed by atoms with Gasteiger partial charge in [0.15, 0.2) is 11.5 Å². The molecule has 0 aromatic heterocycles. The fourth-order valence-corrected chi connectivity index (χ4v) is 3.17. The molecular weight excluding hydrogens is 422 g/mol. The van der Waals surface area contributed by atoms with E-state index in [0.29, 0.717) is 39.6 Å². The number of nitrogens with one attached hydrogen (secondary N) is 2. The van der Waals surface area contributed by atoms with Crippen molar-refractivity contribution in [2.75, 3.05) is 26.6 Å². The largest absolute Gasteiger partial charge is 0.493 e. The molecule has 0 spiro atoms. The fraction of sp³-hybridized carbons (Fsp3) is 0.160. The van der Waals surface area contributed by atoms with Crippen LogP contribution in [0.5, 0.6) is 17.2 Å². The zero-order chi connectivity index (χ0) is 23.8. The van der Waals surface area contributed by atoms with Crippen molar-refractivity contribution in [2.24, 2.45) is 5.10 Å². The van der Waals surface area contributed by atoms with Crippen LogP contribution in [0.15, 0.2) is 65.8 Å². The second kappa shape index (κ2) is 10.8. The van der Waals surface area contributed by atoms with Crippen molar-refractivity contribution in [1.29, 1.82) is 0 Å². The molecule has 2 N–H and O–H groups in total. The number of hydrogen-bond donors (Lipinski definition) is 2. The molecule has 3 aromatic rings. The van der Waals surface area contributed by atoms with E-state index in [1.54, 1.807) is 48.5 Å². The molecule has 2 amide bonds. The van der Waals surface area contributed by atoms with E-state index in [1.165, 1.54) is 27.5 Å². The summed E-state index contributed by atoms with van der Waals surface area (Å²) in [4.78, 5) is 25.1. The quantitative estimate of drug-likeness (QED) is 0.401. The number of hydrogen-bond acceptors (Lipinski definition) is 6. The minimum atomic E-state index is -0.425. The molecule has 0 bridgehead atoms. The Morgan fingerprint density at radius 1 is 0.848 bits per heavy atom. The second-order valence-electron chi connectivity index (χ2n) is 7.01. The van der Waals surface area contributed by atoms with Gasteiger partial charge in [-0.05, 0) is 48.9 Å². The van der Waals surface area contributed by atoms with Gasteiger partial charge in [0.1, 0.15) is 0 Å². The lowest BCUT2D eigenvalue weighted by Crippen LogP contribution is -2.18. The van der Waals surface area contributed by atoms with Gasteiger partial charge in [0, 0.05) is 22.4 Å². The maximum absolute atomic E-state index is 12.5. The summed E-state index contributed by atoms with van der Waals surface area (Å²) in [5.41, 5.74) is 5.41. The minimum absolute atomic E-state index is 0.244. The van der Waals surface area contributed by atoms with Gasteiger partial charge in [0.25, 0.3) is 11.8 Å². The Morgan fingerprint density at radius 2 is 1.55 bits per heavy atom. The summed E-state index contributed by atoms with van der Waals surface area (Å²) in [6.07, 6.45) is 1.46. The van der Waals surface area contributed by atoms with Crippen LogP contribution < -0.4 is 25.0 Å². The Balaban J connectivity index is 1.70. The third-order valence-electron chi connectivity index (χ3n) is 4.84. The van der Waals surface area contributed by atoms with Crippen LogP contribution >= 0.6 is 0 Å². The van der Waals surface area contributed by atoms with Crippen molar-refractivity contribution in [2.45, 2.75) is 6.92 Å². The number of benzene rings is 3. The van der Waals surface area contributed by atoms with Gasteiger partial charge >= 0.3 is 0 Å². The highest BCUT2D eigenvalue weighted by atomic mass is 16.5. The zero-order valence-corrected chi connectivity index (χ0v) is 18.8. The van der Waals surface area contributed by atoms with Crippen LogP contribution in [-0.2, 0) is 0 Å². The number of amides is 2. The average Bonchev–Trinajstić information content (AvgIpc) is 2.83. The van der Waals surface area contributed by atoms with Gasteiger partial charge in [-0.3, -0.25) is 9.59 Å². The molecule has 8 nitrogen and oxygen atoms in total. The van der Waals surface area contributed by atoms with Gasteiger partial charge in [-0.15, -0.1) is 0 Å². The van der Waals surface area contributed by atoms with Gasteiger partial charge < -0.3 is 19.5 Å². The number of ether oxygens (including phenoxy) is 3. The molecule has 0 aliphatic heterocycles. The van der Waals surface area contributed by atoms with Crippen LogP contribution in [0.1, 0.15) is 31.8 Å². The van der Waals surface area contributed by atoms with Crippen LogP contribution in [0.4, 0.5) is 5.69 Å². The molecular formula is C25H25N3O5. The van der Waals surface area contributed by atoms with Crippen molar-refractivity contribution >= 4 is 23.7 Å². The maximum Gasteiger partial charge on any atom is 0.271 e. The van der Waals surface area contributed by atoms with E-state index in [4.69, 9.17) is 14.2 Å². The summed E-state index contributed by atoms with van der Waals surface area (Å²) in [6.45, 7) is 1.87. The van der Waals surface area contributed by atoms with Gasteiger partial charge in [-0.1, -0.05) is 24.3 Å². The molecule has 0 aliphatic carbocycles. The zero-order valence-electron chi connectivity index (χ0n) is 18.8. The van der Waals surface area contributed by atoms with E-state index in [9.17, 15) is 9.59 Å². The van der Waals surface area contributed by atoms with Crippen LogP contribution in [0.25, 0.3) is 0 Å². The van der Waals surface area contributed by atoms with Crippen molar-refractivity contribution < 1.29 is 23.8 Å². The molecule has 0 heterocycles. The Hall–Kier alpha value is -4.33. The number of methoxy groups -OCH3 is 3. The van der Waals surface area contributed by atoms with Gasteiger partial charge in [-0.2, -0.15) is 5.10 Å². The van der Waals surface area contributed by atoms with Crippen LogP contribution in [0, 0.1) is 6.92 Å². The highest BCUT2D eigenvalue weighted by Crippen LogP contribution is 2.37. The highest BCUT2D eigenvalue weighted by molar-refractivity contribution is 6.06. The third-order valence-corrected chi connectivity index (χ3v) is 4.84. The van der Waals surface area contributed by atoms with Crippen LogP contribution in [0.3, 0.4) is 0 Å². The Morgan fingerprint density at radius 3 is 2.18 bits per heavy atom. The first-order valence-corrected chi connectivity index (χ1v) is 10.1. The molecule has 0 fully saturated rings. The van der Waals surface area contributed by atoms with Crippen molar-refractivity contribution in [3.8, 4) is 17.2 Å². The lowest BCUT2D eigenvalue weighted by atomic mass is 10.1. The highest BCUT2D eigenvalue weighted by Gasteiger charge is 2.13.